The third kappa shape index (κ3) is 9.25. The highest BCUT2D eigenvalue weighted by atomic mass is 16.7. The van der Waals surface area contributed by atoms with Gasteiger partial charge >= 0.3 is 5.97 Å². The SMILES string of the molecule is CO[C@]1(C)C[C@H](O[C@H]2[C@H](C)[C@@H](O[C@@H]3O[C@H](C)C[C@H](N(C)Cc4ccc(O)cc4)[C@H]3O)C(C)(C)C[C@@H](C)C(=O)[C@H](C)[C@@H](O)[C@@]3(O)C(C)[C@H]3OC(=O)[C@@H]2C)O[C@@H](C)[C@@H]1O. The van der Waals surface area contributed by atoms with Gasteiger partial charge in [0, 0.05) is 49.8 Å². The molecule has 1 aromatic rings. The summed E-state index contributed by atoms with van der Waals surface area (Å²) in [7, 11) is 3.43. The summed E-state index contributed by atoms with van der Waals surface area (Å²) in [6.07, 6.45) is -8.39. The minimum absolute atomic E-state index is 0.140. The quantitative estimate of drug-likeness (QED) is 0.240. The summed E-state index contributed by atoms with van der Waals surface area (Å²) in [6, 6.07) is 6.54. The van der Waals surface area contributed by atoms with Crippen molar-refractivity contribution in [3.63, 3.8) is 0 Å². The zero-order valence-electron chi connectivity index (χ0n) is 35.8. The molecule has 4 aliphatic rings. The van der Waals surface area contributed by atoms with Crippen molar-refractivity contribution in [2.24, 2.45) is 35.0 Å². The Morgan fingerprint density at radius 2 is 1.51 bits per heavy atom. The number of aliphatic hydroxyl groups is 4. The molecule has 0 spiro atoms. The molecule has 1 aliphatic carbocycles. The highest BCUT2D eigenvalue weighted by molar-refractivity contribution is 5.83. The first-order chi connectivity index (χ1) is 26.5. The van der Waals surface area contributed by atoms with Crippen molar-refractivity contribution >= 4 is 11.8 Å². The average Bonchev–Trinajstić information content (AvgIpc) is 3.68. The summed E-state index contributed by atoms with van der Waals surface area (Å²) < 4.78 is 38.0. The number of rotatable bonds is 8. The predicted molar refractivity (Wildman–Crippen MR) is 209 cm³/mol. The smallest absolute Gasteiger partial charge is 0.311 e. The lowest BCUT2D eigenvalue weighted by Crippen LogP contribution is -2.59. The van der Waals surface area contributed by atoms with Gasteiger partial charge < -0.3 is 54.0 Å². The normalized spacial score (nSPS) is 45.8. The van der Waals surface area contributed by atoms with E-state index in [1.807, 2.05) is 51.8 Å². The first kappa shape index (κ1) is 45.8. The number of aromatic hydroxyl groups is 1. The molecule has 5 rings (SSSR count). The summed E-state index contributed by atoms with van der Waals surface area (Å²) >= 11 is 0. The van der Waals surface area contributed by atoms with E-state index < -0.39 is 107 Å². The maximum absolute atomic E-state index is 14.2. The summed E-state index contributed by atoms with van der Waals surface area (Å²) in [6.45, 7) is 18.5. The number of esters is 1. The van der Waals surface area contributed by atoms with Crippen molar-refractivity contribution in [3.05, 3.63) is 29.8 Å². The maximum atomic E-state index is 14.2. The Labute approximate surface area is 338 Å². The number of hydrogen-bond donors (Lipinski definition) is 5. The van der Waals surface area contributed by atoms with E-state index in [1.54, 1.807) is 53.7 Å². The van der Waals surface area contributed by atoms with Gasteiger partial charge in [0.15, 0.2) is 12.6 Å². The van der Waals surface area contributed by atoms with Crippen LogP contribution in [0.5, 0.6) is 5.75 Å². The number of likely N-dealkylation sites (N-methyl/N-ethyl adjacent to an activating group) is 1. The van der Waals surface area contributed by atoms with E-state index in [4.69, 9.17) is 28.4 Å². The number of aliphatic hydroxyl groups excluding tert-OH is 3. The highest BCUT2D eigenvalue weighted by Gasteiger charge is 2.70. The van der Waals surface area contributed by atoms with Gasteiger partial charge in [0.1, 0.15) is 35.4 Å². The summed E-state index contributed by atoms with van der Waals surface area (Å²) in [4.78, 5) is 30.2. The number of ether oxygens (including phenoxy) is 6. The summed E-state index contributed by atoms with van der Waals surface area (Å²) in [5, 5.41) is 55.8. The number of fused-ring (bicyclic) bond motifs is 1. The van der Waals surface area contributed by atoms with Gasteiger partial charge in [-0.3, -0.25) is 14.5 Å². The fourth-order valence-electron chi connectivity index (χ4n) is 9.93. The molecule has 1 unspecified atom stereocenters. The molecule has 3 heterocycles. The first-order valence-electron chi connectivity index (χ1n) is 20.6. The molecule has 4 fully saturated rings. The van der Waals surface area contributed by atoms with Crippen LogP contribution in [0.15, 0.2) is 24.3 Å². The van der Waals surface area contributed by atoms with Gasteiger partial charge in [0.05, 0.1) is 42.0 Å². The van der Waals surface area contributed by atoms with Gasteiger partial charge in [-0.1, -0.05) is 53.7 Å². The second kappa shape index (κ2) is 17.4. The van der Waals surface area contributed by atoms with E-state index >= 15 is 0 Å². The molecular formula is C43H69NO13. The number of carbonyl (C=O) groups excluding carboxylic acids is 2. The molecule has 324 valence electrons. The number of benzene rings is 1. The monoisotopic (exact) mass is 807 g/mol. The topological polar surface area (TPSA) is 194 Å². The first-order valence-corrected chi connectivity index (χ1v) is 20.6. The van der Waals surface area contributed by atoms with Crippen molar-refractivity contribution in [2.75, 3.05) is 14.2 Å². The minimum atomic E-state index is -1.80. The molecule has 14 nitrogen and oxygen atoms in total. The van der Waals surface area contributed by atoms with E-state index in [2.05, 4.69) is 0 Å². The van der Waals surface area contributed by atoms with Gasteiger partial charge in [-0.05, 0) is 70.7 Å². The van der Waals surface area contributed by atoms with Crippen molar-refractivity contribution in [2.45, 2.75) is 174 Å². The lowest BCUT2D eigenvalue weighted by Gasteiger charge is -2.49. The molecule has 14 heteroatoms. The zero-order chi connectivity index (χ0) is 42.5. The standard InChI is InChI=1S/C43H69NO13/c1-21-18-41(8,9)37(57-40-33(47)30(17-22(2)53-40)44(11)20-28-13-15-29(45)16-14-28)24(4)34(55-31-19-42(10,52-12)36(49)27(7)54-31)25(5)39(50)56-38-26(6)43(38,51)35(48)23(3)32(21)46/h13-16,21-27,30-31,33-38,40,45,47-49,51H,17-20H2,1-12H3/t21-,22-,23+,24+,25-,26?,27+,30+,31+,33-,34+,35-,36+,37-,38-,40+,42-,43+/m1/s1. The molecule has 0 aromatic heterocycles. The van der Waals surface area contributed by atoms with Crippen LogP contribution >= 0.6 is 0 Å². The molecule has 0 radical (unpaired) electrons. The number of methoxy groups -OCH3 is 1. The van der Waals surface area contributed by atoms with Crippen molar-refractivity contribution in [3.8, 4) is 5.75 Å². The number of ketones is 1. The number of nitrogens with zero attached hydrogens (tertiary/aromatic N) is 1. The number of phenols is 1. The van der Waals surface area contributed by atoms with E-state index in [1.165, 1.54) is 7.11 Å². The molecular weight excluding hydrogens is 738 g/mol. The molecule has 3 aliphatic heterocycles. The fourth-order valence-corrected chi connectivity index (χ4v) is 9.93. The molecule has 57 heavy (non-hydrogen) atoms. The van der Waals surface area contributed by atoms with Gasteiger partial charge in [0.2, 0.25) is 0 Å². The van der Waals surface area contributed by atoms with Crippen LogP contribution < -0.4 is 0 Å². The lowest BCUT2D eigenvalue weighted by molar-refractivity contribution is -0.313. The van der Waals surface area contributed by atoms with Gasteiger partial charge in [0.25, 0.3) is 0 Å². The van der Waals surface area contributed by atoms with E-state index in [-0.39, 0.29) is 36.5 Å². The number of phenolic OH excluding ortho intramolecular Hbond substituents is 1. The van der Waals surface area contributed by atoms with E-state index in [0.717, 1.165) is 5.56 Å². The Bertz CT molecular complexity index is 1540. The second-order valence-electron chi connectivity index (χ2n) is 18.7. The molecule has 1 aromatic carbocycles. The number of carbonyl (C=O) groups is 2. The van der Waals surface area contributed by atoms with Crippen LogP contribution in [0.3, 0.4) is 0 Å². The molecule has 0 bridgehead atoms. The Balaban J connectivity index is 1.53. The molecule has 0 amide bonds. The molecule has 5 N–H and O–H groups in total. The van der Waals surface area contributed by atoms with Crippen LogP contribution in [0.25, 0.3) is 0 Å². The Kier molecular flexibility index (Phi) is 14.0. The molecule has 3 saturated heterocycles. The molecule has 1 saturated carbocycles. The summed E-state index contributed by atoms with van der Waals surface area (Å²) in [5.41, 5.74) is -2.70. The lowest BCUT2D eigenvalue weighted by atomic mass is 9.69. The summed E-state index contributed by atoms with van der Waals surface area (Å²) in [5.74, 6) is -4.52. The van der Waals surface area contributed by atoms with Crippen molar-refractivity contribution in [1.29, 1.82) is 0 Å². The fraction of sp³-hybridized carbons (Fsp3) is 0.814. The van der Waals surface area contributed by atoms with E-state index in [0.29, 0.717) is 13.0 Å². The second-order valence-corrected chi connectivity index (χ2v) is 18.7. The van der Waals surface area contributed by atoms with Crippen LogP contribution in [0.1, 0.15) is 94.1 Å². The largest absolute Gasteiger partial charge is 0.508 e. The highest BCUT2D eigenvalue weighted by Crippen LogP contribution is 2.52. The van der Waals surface area contributed by atoms with Crippen LogP contribution in [0.4, 0.5) is 0 Å². The van der Waals surface area contributed by atoms with Crippen LogP contribution in [0.2, 0.25) is 0 Å². The zero-order valence-corrected chi connectivity index (χ0v) is 35.8. The number of hydrogen-bond acceptors (Lipinski definition) is 14. The van der Waals surface area contributed by atoms with Crippen LogP contribution in [-0.2, 0) is 44.6 Å². The third-order valence-corrected chi connectivity index (χ3v) is 13.7. The minimum Gasteiger partial charge on any atom is -0.508 e. The Morgan fingerprint density at radius 3 is 2.12 bits per heavy atom. The third-order valence-electron chi connectivity index (χ3n) is 13.7. The average molecular weight is 808 g/mol. The Hall–Kier alpha value is -2.24. The van der Waals surface area contributed by atoms with Crippen molar-refractivity contribution in [1.82, 2.24) is 4.90 Å². The van der Waals surface area contributed by atoms with Gasteiger partial charge in [-0.15, -0.1) is 0 Å². The maximum Gasteiger partial charge on any atom is 0.311 e. The van der Waals surface area contributed by atoms with Crippen molar-refractivity contribution < 1.29 is 63.5 Å². The molecule has 18 atom stereocenters. The predicted octanol–water partition coefficient (Wildman–Crippen LogP) is 3.56. The Morgan fingerprint density at radius 1 is 0.877 bits per heavy atom. The number of Topliss-reactive ketones (excluding diaryl/α,β-unsaturated/α-hetero) is 1. The van der Waals surface area contributed by atoms with E-state index in [9.17, 15) is 35.1 Å². The van der Waals surface area contributed by atoms with Gasteiger partial charge in [-0.2, -0.15) is 0 Å². The van der Waals surface area contributed by atoms with Gasteiger partial charge in [-0.25, -0.2) is 0 Å². The van der Waals surface area contributed by atoms with Crippen LogP contribution in [-0.4, -0.2) is 135 Å². The van der Waals surface area contributed by atoms with Crippen LogP contribution in [0, 0.1) is 35.0 Å².